The number of rotatable bonds is 24. The molecular weight excluding hydrogens is 480 g/mol. The second kappa shape index (κ2) is 27.4. The van der Waals surface area contributed by atoms with E-state index in [2.05, 4.69) is 48.3 Å². The normalized spacial score (nSPS) is 10.9. The quantitative estimate of drug-likeness (QED) is 0.0718. The van der Waals surface area contributed by atoms with Crippen molar-refractivity contribution in [2.24, 2.45) is 0 Å². The van der Waals surface area contributed by atoms with Gasteiger partial charge in [-0.1, -0.05) is 130 Å². The molecule has 0 fully saturated rings. The Labute approximate surface area is 237 Å². The van der Waals surface area contributed by atoms with E-state index >= 15 is 0 Å². The van der Waals surface area contributed by atoms with Gasteiger partial charge in [0.15, 0.2) is 10.2 Å². The summed E-state index contributed by atoms with van der Waals surface area (Å²) in [5.74, 6) is 0. The molecule has 0 unspecified atom stereocenters. The lowest BCUT2D eigenvalue weighted by Crippen LogP contribution is -2.56. The van der Waals surface area contributed by atoms with E-state index in [1.807, 2.05) is 0 Å². The van der Waals surface area contributed by atoms with Crippen molar-refractivity contribution >= 4 is 34.7 Å². The molecule has 0 aromatic rings. The van der Waals surface area contributed by atoms with Crippen LogP contribution in [0.1, 0.15) is 156 Å². The number of thiocarbonyl (C=S) groups is 2. The van der Waals surface area contributed by atoms with Crippen molar-refractivity contribution in [3.05, 3.63) is 0 Å². The predicted molar refractivity (Wildman–Crippen MR) is 170 cm³/mol. The molecule has 0 rings (SSSR count). The molecule has 0 saturated carbocycles. The number of unbranched alkanes of at least 4 members (excludes halogenated alkanes) is 16. The standard InChI is InChI=1S/C30H62N4S2/c1-5-9-13-17-19-23-27-33(29(35)31-25-21-15-11-7-3)34(28-24-20-18-14-10-6-2)30(36)32-26-22-16-12-8-4/h5-28H2,1-4H3,(H,31,35)(H,32,36). The molecule has 4 nitrogen and oxygen atoms in total. The predicted octanol–water partition coefficient (Wildman–Crippen LogP) is 9.14. The average molecular weight is 543 g/mol. The van der Waals surface area contributed by atoms with Crippen LogP contribution in [-0.2, 0) is 0 Å². The molecule has 214 valence electrons. The highest BCUT2D eigenvalue weighted by molar-refractivity contribution is 7.80. The molecule has 0 atom stereocenters. The number of hydrogen-bond acceptors (Lipinski definition) is 2. The summed E-state index contributed by atoms with van der Waals surface area (Å²) in [6.07, 6.45) is 25.4. The third kappa shape index (κ3) is 20.4. The van der Waals surface area contributed by atoms with Crippen LogP contribution < -0.4 is 10.6 Å². The number of nitrogens with one attached hydrogen (secondary N) is 2. The highest BCUT2D eigenvalue weighted by Crippen LogP contribution is 2.12. The van der Waals surface area contributed by atoms with E-state index in [1.165, 1.54) is 116 Å². The fourth-order valence-corrected chi connectivity index (χ4v) is 5.01. The molecule has 0 aromatic carbocycles. The maximum Gasteiger partial charge on any atom is 0.188 e. The number of hydrogen-bond donors (Lipinski definition) is 2. The summed E-state index contributed by atoms with van der Waals surface area (Å²) in [4.78, 5) is 0. The SMILES string of the molecule is CCCCCCCCN(C(=S)NCCCCCC)N(CCCCCCCC)C(=S)NCCCCCC. The summed E-state index contributed by atoms with van der Waals surface area (Å²) < 4.78 is 0. The molecule has 0 radical (unpaired) electrons. The third-order valence-corrected chi connectivity index (χ3v) is 7.53. The fraction of sp³-hybridized carbons (Fsp3) is 0.933. The molecule has 0 bridgehead atoms. The van der Waals surface area contributed by atoms with Gasteiger partial charge >= 0.3 is 0 Å². The molecule has 0 heterocycles. The second-order valence-corrected chi connectivity index (χ2v) is 11.1. The summed E-state index contributed by atoms with van der Waals surface area (Å²) in [7, 11) is 0. The monoisotopic (exact) mass is 542 g/mol. The van der Waals surface area contributed by atoms with E-state index in [0.717, 1.165) is 49.2 Å². The zero-order valence-corrected chi connectivity index (χ0v) is 26.3. The summed E-state index contributed by atoms with van der Waals surface area (Å²) >= 11 is 11.9. The first-order valence-electron chi connectivity index (χ1n) is 15.7. The summed E-state index contributed by atoms with van der Waals surface area (Å²) in [6, 6.07) is 0. The smallest absolute Gasteiger partial charge is 0.188 e. The molecule has 0 aliphatic carbocycles. The Balaban J connectivity index is 5.12. The van der Waals surface area contributed by atoms with Gasteiger partial charge in [0, 0.05) is 26.2 Å². The van der Waals surface area contributed by atoms with Crippen LogP contribution in [0.5, 0.6) is 0 Å². The van der Waals surface area contributed by atoms with Gasteiger partial charge in [0.2, 0.25) is 0 Å². The Kier molecular flexibility index (Phi) is 26.9. The molecule has 0 aliphatic heterocycles. The first-order valence-corrected chi connectivity index (χ1v) is 16.5. The van der Waals surface area contributed by atoms with Crippen molar-refractivity contribution in [1.82, 2.24) is 20.7 Å². The third-order valence-electron chi connectivity index (χ3n) is 6.82. The van der Waals surface area contributed by atoms with Gasteiger partial charge < -0.3 is 10.6 Å². The molecule has 6 heteroatoms. The Morgan fingerprint density at radius 2 is 0.694 bits per heavy atom. The Morgan fingerprint density at radius 3 is 1.03 bits per heavy atom. The van der Waals surface area contributed by atoms with Gasteiger partial charge in [0.25, 0.3) is 0 Å². The van der Waals surface area contributed by atoms with Gasteiger partial charge in [0.1, 0.15) is 0 Å². The van der Waals surface area contributed by atoms with Crippen LogP contribution in [0.25, 0.3) is 0 Å². The lowest BCUT2D eigenvalue weighted by Gasteiger charge is -2.39. The minimum atomic E-state index is 0.848. The van der Waals surface area contributed by atoms with Gasteiger partial charge in [0.05, 0.1) is 0 Å². The van der Waals surface area contributed by atoms with Gasteiger partial charge in [-0.15, -0.1) is 0 Å². The van der Waals surface area contributed by atoms with Crippen LogP contribution in [0.4, 0.5) is 0 Å². The van der Waals surface area contributed by atoms with Crippen molar-refractivity contribution in [1.29, 1.82) is 0 Å². The van der Waals surface area contributed by atoms with Crippen LogP contribution in [0.15, 0.2) is 0 Å². The fourth-order valence-electron chi connectivity index (χ4n) is 4.42. The van der Waals surface area contributed by atoms with Crippen molar-refractivity contribution < 1.29 is 0 Å². The number of nitrogens with zero attached hydrogens (tertiary/aromatic N) is 2. The van der Waals surface area contributed by atoms with Crippen molar-refractivity contribution in [3.8, 4) is 0 Å². The lowest BCUT2D eigenvalue weighted by molar-refractivity contribution is 0.122. The molecular formula is C30H62N4S2. The zero-order chi connectivity index (χ0) is 26.7. The molecule has 0 amide bonds. The summed E-state index contributed by atoms with van der Waals surface area (Å²) in [6.45, 7) is 12.9. The van der Waals surface area contributed by atoms with E-state index in [4.69, 9.17) is 24.4 Å². The van der Waals surface area contributed by atoms with Gasteiger partial charge in [-0.3, -0.25) is 10.0 Å². The maximum atomic E-state index is 5.96. The first-order chi connectivity index (χ1) is 17.6. The molecule has 0 aromatic heterocycles. The zero-order valence-electron chi connectivity index (χ0n) is 24.7. The second-order valence-electron chi connectivity index (χ2n) is 10.4. The lowest BCUT2D eigenvalue weighted by atomic mass is 10.1. The molecule has 36 heavy (non-hydrogen) atoms. The minimum Gasteiger partial charge on any atom is -0.361 e. The van der Waals surface area contributed by atoms with E-state index in [1.54, 1.807) is 0 Å². The van der Waals surface area contributed by atoms with E-state index in [-0.39, 0.29) is 0 Å². The van der Waals surface area contributed by atoms with Gasteiger partial charge in [-0.05, 0) is 50.1 Å². The van der Waals surface area contributed by atoms with E-state index in [9.17, 15) is 0 Å². The van der Waals surface area contributed by atoms with Gasteiger partial charge in [-0.25, -0.2) is 0 Å². The van der Waals surface area contributed by atoms with Crippen LogP contribution in [0.3, 0.4) is 0 Å². The highest BCUT2D eigenvalue weighted by Gasteiger charge is 2.21. The van der Waals surface area contributed by atoms with Crippen LogP contribution in [-0.4, -0.2) is 46.4 Å². The molecule has 0 spiro atoms. The van der Waals surface area contributed by atoms with Crippen LogP contribution >= 0.6 is 24.4 Å². The van der Waals surface area contributed by atoms with Crippen molar-refractivity contribution in [2.45, 2.75) is 156 Å². The van der Waals surface area contributed by atoms with Gasteiger partial charge in [-0.2, -0.15) is 0 Å². The first kappa shape index (κ1) is 35.4. The largest absolute Gasteiger partial charge is 0.361 e. The minimum absolute atomic E-state index is 0.848. The van der Waals surface area contributed by atoms with E-state index < -0.39 is 0 Å². The summed E-state index contributed by atoms with van der Waals surface area (Å²) in [5.41, 5.74) is 0. The molecule has 0 aliphatic rings. The van der Waals surface area contributed by atoms with Crippen LogP contribution in [0, 0.1) is 0 Å². The van der Waals surface area contributed by atoms with Crippen molar-refractivity contribution in [2.75, 3.05) is 26.2 Å². The topological polar surface area (TPSA) is 30.5 Å². The number of hydrazine groups is 1. The van der Waals surface area contributed by atoms with E-state index in [0.29, 0.717) is 0 Å². The highest BCUT2D eigenvalue weighted by atomic mass is 32.1. The Morgan fingerprint density at radius 1 is 0.417 bits per heavy atom. The van der Waals surface area contributed by atoms with Crippen molar-refractivity contribution in [3.63, 3.8) is 0 Å². The Hall–Kier alpha value is -0.620. The molecule has 0 saturated heterocycles. The maximum absolute atomic E-state index is 5.96. The molecule has 2 N–H and O–H groups in total. The average Bonchev–Trinajstić information content (AvgIpc) is 2.88. The Bertz CT molecular complexity index is 457. The van der Waals surface area contributed by atoms with Crippen LogP contribution in [0.2, 0.25) is 0 Å². The summed E-state index contributed by atoms with van der Waals surface area (Å²) in [5, 5.41) is 13.4.